The summed E-state index contributed by atoms with van der Waals surface area (Å²) in [5.74, 6) is -0.891. The Morgan fingerprint density at radius 2 is 0.470 bits per heavy atom. The van der Waals surface area contributed by atoms with Gasteiger partial charge in [-0.2, -0.15) is 0 Å². The quantitative estimate of drug-likeness (QED) is 0.0261. The Hall–Kier alpha value is -4.19. The molecule has 1 atom stereocenters. The number of ether oxygens (including phenoxy) is 3. The molecule has 0 aliphatic rings. The summed E-state index contributed by atoms with van der Waals surface area (Å²) in [7, 11) is 0. The fourth-order valence-electron chi connectivity index (χ4n) is 9.73. The average Bonchev–Trinajstić information content (AvgIpc) is 3.49. The van der Waals surface area contributed by atoms with Gasteiger partial charge in [-0.15, -0.1) is 0 Å². The van der Waals surface area contributed by atoms with Crippen molar-refractivity contribution in [3.05, 3.63) is 122 Å². The molecule has 0 N–H and O–H groups in total. The molecule has 474 valence electrons. The second-order valence-corrected chi connectivity index (χ2v) is 23.1. The second-order valence-electron chi connectivity index (χ2n) is 23.1. The maximum Gasteiger partial charge on any atom is 0.306 e. The van der Waals surface area contributed by atoms with Crippen LogP contribution in [0.3, 0.4) is 0 Å². The summed E-state index contributed by atoms with van der Waals surface area (Å²) < 4.78 is 16.9. The van der Waals surface area contributed by atoms with Gasteiger partial charge in [0, 0.05) is 19.3 Å². The van der Waals surface area contributed by atoms with Crippen LogP contribution in [0.15, 0.2) is 122 Å². The maximum absolute atomic E-state index is 12.9. The third kappa shape index (κ3) is 68.5. The molecule has 0 heterocycles. The summed E-state index contributed by atoms with van der Waals surface area (Å²) in [5, 5.41) is 0. The van der Waals surface area contributed by atoms with Crippen molar-refractivity contribution in [3.8, 4) is 0 Å². The number of carbonyl (C=O) groups excluding carboxylic acids is 3. The Morgan fingerprint density at radius 3 is 0.735 bits per heavy atom. The third-order valence-electron chi connectivity index (χ3n) is 15.0. The van der Waals surface area contributed by atoms with Crippen molar-refractivity contribution in [1.29, 1.82) is 0 Å². The summed E-state index contributed by atoms with van der Waals surface area (Å²) in [5.41, 5.74) is 0. The Morgan fingerprint density at radius 1 is 0.253 bits per heavy atom. The number of esters is 3. The van der Waals surface area contributed by atoms with Crippen molar-refractivity contribution in [1.82, 2.24) is 0 Å². The standard InChI is InChI=1S/C77H130O6/c1-4-7-10-13-16-19-21-23-25-27-29-31-33-35-36-37-38-39-40-42-43-45-47-49-51-53-55-58-61-64-67-70-76(79)82-73-74(72-81-75(78)69-66-63-60-57-18-15-12-9-6-3)83-77(80)71-68-65-62-59-56-54-52-50-48-46-44-41-34-32-30-28-26-24-22-20-17-14-11-8-5-2/h7,10,16,19,22-25,28-31,35-36,38-39,42-43,47,49,74H,4-6,8-9,11-15,17-18,20-21,26-27,32-34,37,40-41,44-46,48,50-73H2,1-3H3/b10-7-,19-16-,24-22-,25-23-,30-28-,31-29-,36-35-,39-38-,43-42-,49-47-. The lowest BCUT2D eigenvalue weighted by atomic mass is 10.0. The van der Waals surface area contributed by atoms with Crippen LogP contribution in [0.1, 0.15) is 329 Å². The van der Waals surface area contributed by atoms with Gasteiger partial charge in [0.05, 0.1) is 0 Å². The molecule has 6 nitrogen and oxygen atoms in total. The molecule has 83 heavy (non-hydrogen) atoms. The Kier molecular flexibility index (Phi) is 66.7. The molecular formula is C77H130O6. The van der Waals surface area contributed by atoms with Crippen LogP contribution >= 0.6 is 0 Å². The van der Waals surface area contributed by atoms with Gasteiger partial charge >= 0.3 is 17.9 Å². The largest absolute Gasteiger partial charge is 0.462 e. The van der Waals surface area contributed by atoms with Gasteiger partial charge in [0.15, 0.2) is 6.10 Å². The molecule has 0 saturated heterocycles. The highest BCUT2D eigenvalue weighted by Crippen LogP contribution is 2.16. The van der Waals surface area contributed by atoms with E-state index in [1.165, 1.54) is 161 Å². The summed E-state index contributed by atoms with van der Waals surface area (Å²) >= 11 is 0. The molecule has 0 aromatic rings. The highest BCUT2D eigenvalue weighted by Gasteiger charge is 2.19. The van der Waals surface area contributed by atoms with Crippen LogP contribution in [0.2, 0.25) is 0 Å². The molecule has 0 bridgehead atoms. The molecule has 0 fully saturated rings. The van der Waals surface area contributed by atoms with E-state index in [1.54, 1.807) is 0 Å². The van der Waals surface area contributed by atoms with Crippen molar-refractivity contribution in [2.45, 2.75) is 335 Å². The van der Waals surface area contributed by atoms with E-state index in [1.807, 2.05) is 0 Å². The SMILES string of the molecule is CC/C=C\C/C=C\C/C=C\C/C=C\C/C=C\C/C=C\C/C=C\C/C=C\CCCCCCCCC(=O)OCC(COC(=O)CCCCCCCCCCC)OC(=O)CCCCCCCCCCCCCCC/C=C\C/C=C\CCCCCCC. The van der Waals surface area contributed by atoms with Crippen LogP contribution in [0.4, 0.5) is 0 Å². The molecule has 0 aliphatic carbocycles. The van der Waals surface area contributed by atoms with Gasteiger partial charge in [0.25, 0.3) is 0 Å². The number of carbonyl (C=O) groups is 3. The summed E-state index contributed by atoms with van der Waals surface area (Å²) in [6.45, 7) is 6.51. The molecule has 0 aromatic heterocycles. The topological polar surface area (TPSA) is 78.9 Å². The molecule has 0 spiro atoms. The predicted molar refractivity (Wildman–Crippen MR) is 362 cm³/mol. The van der Waals surface area contributed by atoms with Gasteiger partial charge in [-0.25, -0.2) is 0 Å². The Bertz CT molecular complexity index is 1700. The van der Waals surface area contributed by atoms with Crippen LogP contribution in [0, 0.1) is 0 Å². The first-order valence-electron chi connectivity index (χ1n) is 35.0. The van der Waals surface area contributed by atoms with Crippen molar-refractivity contribution < 1.29 is 28.6 Å². The van der Waals surface area contributed by atoms with Gasteiger partial charge in [0.2, 0.25) is 0 Å². The number of hydrogen-bond acceptors (Lipinski definition) is 6. The van der Waals surface area contributed by atoms with Crippen LogP contribution < -0.4 is 0 Å². The van der Waals surface area contributed by atoms with Crippen molar-refractivity contribution in [2.75, 3.05) is 13.2 Å². The molecule has 0 aromatic carbocycles. The number of allylic oxidation sites excluding steroid dienone is 20. The molecule has 0 amide bonds. The van der Waals surface area contributed by atoms with Crippen molar-refractivity contribution in [2.24, 2.45) is 0 Å². The lowest BCUT2D eigenvalue weighted by Gasteiger charge is -2.18. The lowest BCUT2D eigenvalue weighted by Crippen LogP contribution is -2.30. The zero-order chi connectivity index (χ0) is 59.9. The highest BCUT2D eigenvalue weighted by atomic mass is 16.6. The van der Waals surface area contributed by atoms with E-state index in [2.05, 4.69) is 142 Å². The number of unbranched alkanes of at least 4 members (excludes halogenated alkanes) is 32. The maximum atomic E-state index is 12.9. The first-order chi connectivity index (χ1) is 41.0. The minimum Gasteiger partial charge on any atom is -0.462 e. The molecule has 0 radical (unpaired) electrons. The number of hydrogen-bond donors (Lipinski definition) is 0. The van der Waals surface area contributed by atoms with E-state index >= 15 is 0 Å². The van der Waals surface area contributed by atoms with Crippen LogP contribution in [0.25, 0.3) is 0 Å². The Labute approximate surface area is 513 Å². The molecule has 1 unspecified atom stereocenters. The molecule has 6 heteroatoms. The lowest BCUT2D eigenvalue weighted by molar-refractivity contribution is -0.167. The van der Waals surface area contributed by atoms with E-state index in [-0.39, 0.29) is 31.1 Å². The predicted octanol–water partition coefficient (Wildman–Crippen LogP) is 24.3. The van der Waals surface area contributed by atoms with Gasteiger partial charge in [0.1, 0.15) is 13.2 Å². The number of rotatable bonds is 63. The first kappa shape index (κ1) is 78.8. The van der Waals surface area contributed by atoms with Crippen LogP contribution in [-0.2, 0) is 28.6 Å². The zero-order valence-electron chi connectivity index (χ0n) is 54.4. The fourth-order valence-corrected chi connectivity index (χ4v) is 9.73. The van der Waals surface area contributed by atoms with E-state index in [0.717, 1.165) is 128 Å². The second kappa shape index (κ2) is 70.3. The zero-order valence-corrected chi connectivity index (χ0v) is 54.4. The van der Waals surface area contributed by atoms with E-state index in [4.69, 9.17) is 14.2 Å². The van der Waals surface area contributed by atoms with Gasteiger partial charge in [-0.1, -0.05) is 316 Å². The van der Waals surface area contributed by atoms with Gasteiger partial charge in [-0.05, 0) is 116 Å². The normalized spacial score (nSPS) is 12.9. The minimum atomic E-state index is -0.786. The smallest absolute Gasteiger partial charge is 0.306 e. The van der Waals surface area contributed by atoms with Crippen LogP contribution in [-0.4, -0.2) is 37.2 Å². The fraction of sp³-hybridized carbons (Fsp3) is 0.701. The third-order valence-corrected chi connectivity index (χ3v) is 15.0. The van der Waals surface area contributed by atoms with Crippen molar-refractivity contribution in [3.63, 3.8) is 0 Å². The van der Waals surface area contributed by atoms with E-state index in [9.17, 15) is 14.4 Å². The van der Waals surface area contributed by atoms with Gasteiger partial charge < -0.3 is 14.2 Å². The van der Waals surface area contributed by atoms with Crippen molar-refractivity contribution >= 4 is 17.9 Å². The molecule has 0 rings (SSSR count). The molecule has 0 saturated carbocycles. The average molecular weight is 1150 g/mol. The minimum absolute atomic E-state index is 0.0819. The van der Waals surface area contributed by atoms with Crippen LogP contribution in [0.5, 0.6) is 0 Å². The molecule has 0 aliphatic heterocycles. The van der Waals surface area contributed by atoms with E-state index in [0.29, 0.717) is 19.3 Å². The van der Waals surface area contributed by atoms with E-state index < -0.39 is 6.10 Å². The Balaban J connectivity index is 4.23. The van der Waals surface area contributed by atoms with Gasteiger partial charge in [-0.3, -0.25) is 14.4 Å². The summed E-state index contributed by atoms with van der Waals surface area (Å²) in [4.78, 5) is 38.3. The first-order valence-corrected chi connectivity index (χ1v) is 35.0. The summed E-state index contributed by atoms with van der Waals surface area (Å²) in [6.07, 6.45) is 98.0. The monoisotopic (exact) mass is 1150 g/mol. The molecular weight excluding hydrogens is 1020 g/mol. The summed E-state index contributed by atoms with van der Waals surface area (Å²) in [6, 6.07) is 0. The highest BCUT2D eigenvalue weighted by molar-refractivity contribution is 5.71.